The summed E-state index contributed by atoms with van der Waals surface area (Å²) in [6.07, 6.45) is 4.02. The van der Waals surface area contributed by atoms with Gasteiger partial charge in [-0.1, -0.05) is 30.3 Å². The van der Waals surface area contributed by atoms with Gasteiger partial charge in [0.05, 0.1) is 6.10 Å². The number of aliphatic hydroxyl groups excluding tert-OH is 1. The SMILES string of the molecule is CNC(=O)c1cccc(-c2ccc(OC(C)C(O)CCc3cccnc3)cc2)c1. The summed E-state index contributed by atoms with van der Waals surface area (Å²) in [5.74, 6) is 0.588. The van der Waals surface area contributed by atoms with Gasteiger partial charge in [-0.05, 0) is 66.8 Å². The Kier molecular flexibility index (Phi) is 6.98. The molecule has 5 nitrogen and oxygen atoms in total. The van der Waals surface area contributed by atoms with E-state index in [1.54, 1.807) is 19.3 Å². The fraction of sp³-hybridized carbons (Fsp3) is 0.250. The largest absolute Gasteiger partial charge is 0.488 e. The highest BCUT2D eigenvalue weighted by Crippen LogP contribution is 2.24. The molecule has 0 spiro atoms. The van der Waals surface area contributed by atoms with E-state index in [1.807, 2.05) is 67.7 Å². The average molecular weight is 390 g/mol. The Morgan fingerprint density at radius 3 is 2.59 bits per heavy atom. The molecule has 0 radical (unpaired) electrons. The number of nitrogens with zero attached hydrogens (tertiary/aromatic N) is 1. The Hall–Kier alpha value is -3.18. The molecular formula is C24H26N2O3. The standard InChI is InChI=1S/C24H26N2O3/c1-17(23(27)13-8-18-5-4-14-26-16-18)29-22-11-9-19(10-12-22)20-6-3-7-21(15-20)24(28)25-2/h3-7,9-12,14-17,23,27H,8,13H2,1-2H3,(H,25,28). The van der Waals surface area contributed by atoms with Crippen LogP contribution in [0, 0.1) is 0 Å². The summed E-state index contributed by atoms with van der Waals surface area (Å²) in [5.41, 5.74) is 3.67. The molecule has 3 aromatic rings. The second-order valence-corrected chi connectivity index (χ2v) is 6.97. The molecule has 1 amide bonds. The Balaban J connectivity index is 1.59. The predicted octanol–water partition coefficient (Wildman–Crippen LogP) is 3.87. The van der Waals surface area contributed by atoms with E-state index in [1.165, 1.54) is 0 Å². The van der Waals surface area contributed by atoms with Crippen LogP contribution >= 0.6 is 0 Å². The lowest BCUT2D eigenvalue weighted by atomic mass is 10.0. The molecule has 5 heteroatoms. The van der Waals surface area contributed by atoms with Crippen molar-refractivity contribution in [1.29, 1.82) is 0 Å². The van der Waals surface area contributed by atoms with Gasteiger partial charge in [0, 0.05) is 25.0 Å². The zero-order valence-corrected chi connectivity index (χ0v) is 16.7. The third-order valence-corrected chi connectivity index (χ3v) is 4.85. The molecular weight excluding hydrogens is 364 g/mol. The van der Waals surface area contributed by atoms with E-state index < -0.39 is 6.10 Å². The second kappa shape index (κ2) is 9.85. The Labute approximate surface area is 171 Å². The molecule has 0 fully saturated rings. The van der Waals surface area contributed by atoms with Crippen LogP contribution in [0.1, 0.15) is 29.3 Å². The zero-order chi connectivity index (χ0) is 20.6. The molecule has 0 saturated heterocycles. The van der Waals surface area contributed by atoms with Gasteiger partial charge >= 0.3 is 0 Å². The van der Waals surface area contributed by atoms with Crippen molar-refractivity contribution in [2.24, 2.45) is 0 Å². The number of aromatic nitrogens is 1. The number of carbonyl (C=O) groups excluding carboxylic acids is 1. The molecule has 0 aliphatic carbocycles. The van der Waals surface area contributed by atoms with Crippen LogP contribution < -0.4 is 10.1 Å². The first-order chi connectivity index (χ1) is 14.1. The molecule has 2 N–H and O–H groups in total. The predicted molar refractivity (Wildman–Crippen MR) is 114 cm³/mol. The van der Waals surface area contributed by atoms with E-state index >= 15 is 0 Å². The van der Waals surface area contributed by atoms with Crippen LogP contribution in [0.5, 0.6) is 5.75 Å². The van der Waals surface area contributed by atoms with Gasteiger partial charge in [0.2, 0.25) is 0 Å². The lowest BCUT2D eigenvalue weighted by Crippen LogP contribution is -2.29. The minimum atomic E-state index is -0.570. The lowest BCUT2D eigenvalue weighted by molar-refractivity contribution is 0.0420. The van der Waals surface area contributed by atoms with E-state index in [0.29, 0.717) is 17.7 Å². The molecule has 2 aromatic carbocycles. The van der Waals surface area contributed by atoms with Gasteiger partial charge < -0.3 is 15.2 Å². The fourth-order valence-corrected chi connectivity index (χ4v) is 3.10. The highest BCUT2D eigenvalue weighted by atomic mass is 16.5. The minimum Gasteiger partial charge on any atom is -0.488 e. The number of rotatable bonds is 8. The smallest absolute Gasteiger partial charge is 0.251 e. The summed E-state index contributed by atoms with van der Waals surface area (Å²) < 4.78 is 5.91. The Morgan fingerprint density at radius 2 is 1.90 bits per heavy atom. The number of pyridine rings is 1. The van der Waals surface area contributed by atoms with E-state index in [2.05, 4.69) is 10.3 Å². The normalized spacial score (nSPS) is 12.8. The number of aryl methyl sites for hydroxylation is 1. The first kappa shape index (κ1) is 20.6. The molecule has 1 heterocycles. The summed E-state index contributed by atoms with van der Waals surface area (Å²) in [7, 11) is 1.62. The van der Waals surface area contributed by atoms with Crippen molar-refractivity contribution < 1.29 is 14.6 Å². The molecule has 2 atom stereocenters. The molecule has 1 aromatic heterocycles. The van der Waals surface area contributed by atoms with E-state index in [0.717, 1.165) is 23.1 Å². The first-order valence-electron chi connectivity index (χ1n) is 9.73. The van der Waals surface area contributed by atoms with Crippen LogP contribution in [0.3, 0.4) is 0 Å². The van der Waals surface area contributed by atoms with Crippen LogP contribution in [-0.2, 0) is 6.42 Å². The number of carbonyl (C=O) groups is 1. The maximum Gasteiger partial charge on any atom is 0.251 e. The van der Waals surface area contributed by atoms with E-state index in [-0.39, 0.29) is 12.0 Å². The van der Waals surface area contributed by atoms with Gasteiger partial charge in [0.15, 0.2) is 0 Å². The Bertz CT molecular complexity index is 926. The van der Waals surface area contributed by atoms with Gasteiger partial charge in [0.1, 0.15) is 11.9 Å². The van der Waals surface area contributed by atoms with Crippen molar-refractivity contribution in [3.63, 3.8) is 0 Å². The van der Waals surface area contributed by atoms with Crippen LogP contribution in [0.2, 0.25) is 0 Å². The number of nitrogens with one attached hydrogen (secondary N) is 1. The molecule has 150 valence electrons. The number of hydrogen-bond donors (Lipinski definition) is 2. The van der Waals surface area contributed by atoms with E-state index in [4.69, 9.17) is 4.74 Å². The van der Waals surface area contributed by atoms with Gasteiger partial charge in [-0.3, -0.25) is 9.78 Å². The van der Waals surface area contributed by atoms with Gasteiger partial charge in [-0.15, -0.1) is 0 Å². The molecule has 0 aliphatic heterocycles. The molecule has 0 bridgehead atoms. The zero-order valence-electron chi connectivity index (χ0n) is 16.7. The third kappa shape index (κ3) is 5.65. The highest BCUT2D eigenvalue weighted by Gasteiger charge is 2.16. The number of amides is 1. The van der Waals surface area contributed by atoms with Crippen LogP contribution in [0.15, 0.2) is 73.1 Å². The van der Waals surface area contributed by atoms with E-state index in [9.17, 15) is 9.90 Å². The van der Waals surface area contributed by atoms with Crippen LogP contribution in [0.25, 0.3) is 11.1 Å². The summed E-state index contributed by atoms with van der Waals surface area (Å²) >= 11 is 0. The van der Waals surface area contributed by atoms with Gasteiger partial charge in [-0.25, -0.2) is 0 Å². The maximum absolute atomic E-state index is 11.8. The minimum absolute atomic E-state index is 0.110. The molecule has 0 saturated carbocycles. The lowest BCUT2D eigenvalue weighted by Gasteiger charge is -2.20. The van der Waals surface area contributed by atoms with Crippen molar-refractivity contribution in [2.45, 2.75) is 32.0 Å². The summed E-state index contributed by atoms with van der Waals surface area (Å²) in [6.45, 7) is 1.87. The topological polar surface area (TPSA) is 71.5 Å². The van der Waals surface area contributed by atoms with Crippen molar-refractivity contribution in [1.82, 2.24) is 10.3 Å². The number of hydrogen-bond acceptors (Lipinski definition) is 4. The fourth-order valence-electron chi connectivity index (χ4n) is 3.10. The summed E-state index contributed by atoms with van der Waals surface area (Å²) in [5, 5.41) is 13.0. The summed E-state index contributed by atoms with van der Waals surface area (Å²) in [6, 6.07) is 19.0. The maximum atomic E-state index is 11.8. The van der Waals surface area contributed by atoms with Crippen molar-refractivity contribution in [3.8, 4) is 16.9 Å². The molecule has 3 rings (SSSR count). The summed E-state index contributed by atoms with van der Waals surface area (Å²) in [4.78, 5) is 15.9. The molecule has 29 heavy (non-hydrogen) atoms. The van der Waals surface area contributed by atoms with Crippen LogP contribution in [0.4, 0.5) is 0 Å². The average Bonchev–Trinajstić information content (AvgIpc) is 2.78. The molecule has 0 aliphatic rings. The monoisotopic (exact) mass is 390 g/mol. The van der Waals surface area contributed by atoms with Crippen molar-refractivity contribution in [3.05, 3.63) is 84.2 Å². The highest BCUT2D eigenvalue weighted by molar-refractivity contribution is 5.95. The van der Waals surface area contributed by atoms with Gasteiger partial charge in [-0.2, -0.15) is 0 Å². The number of ether oxygens (including phenoxy) is 1. The van der Waals surface area contributed by atoms with Crippen molar-refractivity contribution >= 4 is 5.91 Å². The third-order valence-electron chi connectivity index (χ3n) is 4.85. The second-order valence-electron chi connectivity index (χ2n) is 6.97. The van der Waals surface area contributed by atoms with Crippen LogP contribution in [-0.4, -0.2) is 35.3 Å². The van der Waals surface area contributed by atoms with Gasteiger partial charge in [0.25, 0.3) is 5.91 Å². The first-order valence-corrected chi connectivity index (χ1v) is 9.73. The van der Waals surface area contributed by atoms with Crippen molar-refractivity contribution in [2.75, 3.05) is 7.05 Å². The number of aliphatic hydroxyl groups is 1. The molecule has 2 unspecified atom stereocenters. The quantitative estimate of drug-likeness (QED) is 0.613. The number of benzene rings is 2. The Morgan fingerprint density at radius 1 is 1.10 bits per heavy atom.